The van der Waals surface area contributed by atoms with Gasteiger partial charge in [-0.3, -0.25) is 14.6 Å². The number of nitrogens with two attached hydrogens (primary N) is 2. The third-order valence-corrected chi connectivity index (χ3v) is 4.59. The average molecular weight is 373 g/mol. The molecule has 1 aromatic carbocycles. The maximum atomic E-state index is 12.0. The molecule has 0 radical (unpaired) electrons. The molecule has 0 aliphatic heterocycles. The number of anilines is 1. The minimum atomic E-state index is -0.916. The van der Waals surface area contributed by atoms with Gasteiger partial charge in [-0.05, 0) is 23.8 Å². The standard InChI is InChI=1S/C17H19N5O3S/c18-17(19)21-10-15(23)22-12-5-1-2-6-13(12)26-14(8-16(24)25)11-4-3-7-20-9-11/h1-7,9,14H,8,10H2,(H,22,23)(H,24,25)(H4,18,19,21). The zero-order valence-corrected chi connectivity index (χ0v) is 14.6. The summed E-state index contributed by atoms with van der Waals surface area (Å²) in [4.78, 5) is 31.7. The van der Waals surface area contributed by atoms with E-state index in [1.54, 1.807) is 30.6 Å². The lowest BCUT2D eigenvalue weighted by atomic mass is 10.1. The minimum Gasteiger partial charge on any atom is -0.481 e. The summed E-state index contributed by atoms with van der Waals surface area (Å²) in [5.74, 6) is -1.45. The van der Waals surface area contributed by atoms with Crippen molar-refractivity contribution in [2.45, 2.75) is 16.6 Å². The summed E-state index contributed by atoms with van der Waals surface area (Å²) in [5, 5.41) is 11.6. The largest absolute Gasteiger partial charge is 0.481 e. The normalized spacial score (nSPS) is 11.4. The van der Waals surface area contributed by atoms with E-state index in [0.717, 1.165) is 10.5 Å². The smallest absolute Gasteiger partial charge is 0.304 e. The van der Waals surface area contributed by atoms with E-state index in [1.807, 2.05) is 18.2 Å². The maximum Gasteiger partial charge on any atom is 0.304 e. The first-order valence-corrected chi connectivity index (χ1v) is 8.56. The molecule has 136 valence electrons. The predicted octanol–water partition coefficient (Wildman–Crippen LogP) is 1.60. The van der Waals surface area contributed by atoms with Crippen LogP contribution >= 0.6 is 11.8 Å². The van der Waals surface area contributed by atoms with Crippen LogP contribution in [0.4, 0.5) is 5.69 Å². The number of amides is 1. The van der Waals surface area contributed by atoms with Crippen molar-refractivity contribution in [3.8, 4) is 0 Å². The van der Waals surface area contributed by atoms with E-state index in [1.165, 1.54) is 11.8 Å². The van der Waals surface area contributed by atoms with Gasteiger partial charge in [-0.25, -0.2) is 4.99 Å². The van der Waals surface area contributed by atoms with E-state index in [2.05, 4.69) is 15.3 Å². The Kier molecular flexibility index (Phi) is 6.98. The highest BCUT2D eigenvalue weighted by Gasteiger charge is 2.19. The molecular formula is C17H19N5O3S. The summed E-state index contributed by atoms with van der Waals surface area (Å²) in [7, 11) is 0. The Labute approximate surface area is 154 Å². The van der Waals surface area contributed by atoms with Gasteiger partial charge in [0.25, 0.3) is 0 Å². The van der Waals surface area contributed by atoms with Crippen molar-refractivity contribution < 1.29 is 14.7 Å². The highest BCUT2D eigenvalue weighted by atomic mass is 32.2. The van der Waals surface area contributed by atoms with Gasteiger partial charge in [0.1, 0.15) is 6.54 Å². The van der Waals surface area contributed by atoms with Gasteiger partial charge in [-0.15, -0.1) is 11.8 Å². The second kappa shape index (κ2) is 9.42. The highest BCUT2D eigenvalue weighted by molar-refractivity contribution is 7.99. The Bertz CT molecular complexity index is 794. The van der Waals surface area contributed by atoms with Gasteiger partial charge < -0.3 is 21.9 Å². The van der Waals surface area contributed by atoms with Gasteiger partial charge in [0.2, 0.25) is 5.91 Å². The number of aliphatic imine (C=N–C) groups is 1. The Hall–Kier alpha value is -3.07. The number of hydrogen-bond acceptors (Lipinski definition) is 5. The summed E-state index contributed by atoms with van der Waals surface area (Å²) >= 11 is 1.34. The second-order valence-electron chi connectivity index (χ2n) is 5.28. The van der Waals surface area contributed by atoms with Gasteiger partial charge in [-0.1, -0.05) is 18.2 Å². The lowest BCUT2D eigenvalue weighted by Crippen LogP contribution is -2.25. The van der Waals surface area contributed by atoms with Crippen molar-refractivity contribution in [3.05, 3.63) is 54.4 Å². The van der Waals surface area contributed by atoms with Crippen LogP contribution in [0.15, 0.2) is 58.7 Å². The molecule has 1 amide bonds. The number of nitrogens with zero attached hydrogens (tertiary/aromatic N) is 2. The monoisotopic (exact) mass is 373 g/mol. The molecule has 0 aliphatic carbocycles. The van der Waals surface area contributed by atoms with Crippen LogP contribution in [0, 0.1) is 0 Å². The molecule has 0 fully saturated rings. The topological polar surface area (TPSA) is 144 Å². The molecule has 1 unspecified atom stereocenters. The van der Waals surface area contributed by atoms with Crippen LogP contribution < -0.4 is 16.8 Å². The first-order chi connectivity index (χ1) is 12.5. The summed E-state index contributed by atoms with van der Waals surface area (Å²) < 4.78 is 0. The molecule has 2 aromatic rings. The number of carbonyl (C=O) groups excluding carboxylic acids is 1. The molecule has 1 aromatic heterocycles. The van der Waals surface area contributed by atoms with E-state index in [-0.39, 0.29) is 30.1 Å². The number of pyridine rings is 1. The van der Waals surface area contributed by atoms with Gasteiger partial charge >= 0.3 is 5.97 Å². The van der Waals surface area contributed by atoms with Gasteiger partial charge in [-0.2, -0.15) is 0 Å². The van der Waals surface area contributed by atoms with Crippen molar-refractivity contribution in [1.82, 2.24) is 4.98 Å². The number of thioether (sulfide) groups is 1. The summed E-state index contributed by atoms with van der Waals surface area (Å²) in [6.45, 7) is -0.192. The quantitative estimate of drug-likeness (QED) is 0.312. The Morgan fingerprint density at radius 2 is 2.00 bits per heavy atom. The molecule has 1 atom stereocenters. The zero-order chi connectivity index (χ0) is 18.9. The number of aromatic nitrogens is 1. The van der Waals surface area contributed by atoms with Crippen LogP contribution in [0.1, 0.15) is 17.2 Å². The van der Waals surface area contributed by atoms with Crippen LogP contribution in [0.2, 0.25) is 0 Å². The molecule has 0 aliphatic rings. The summed E-state index contributed by atoms with van der Waals surface area (Å²) in [6, 6.07) is 10.7. The van der Waals surface area contributed by atoms with Crippen molar-refractivity contribution in [2.24, 2.45) is 16.5 Å². The molecule has 0 spiro atoms. The van der Waals surface area contributed by atoms with Crippen LogP contribution in [0.5, 0.6) is 0 Å². The number of nitrogens with one attached hydrogen (secondary N) is 1. The number of aliphatic carboxylic acids is 1. The number of guanidine groups is 1. The van der Waals surface area contributed by atoms with Gasteiger partial charge in [0, 0.05) is 22.5 Å². The Morgan fingerprint density at radius 1 is 1.23 bits per heavy atom. The number of rotatable bonds is 8. The SMILES string of the molecule is NC(N)=NCC(=O)Nc1ccccc1SC(CC(=O)O)c1cccnc1. The number of benzene rings is 1. The van der Waals surface area contributed by atoms with E-state index in [0.29, 0.717) is 5.69 Å². The molecule has 6 N–H and O–H groups in total. The third kappa shape index (κ3) is 6.10. The molecule has 0 saturated carbocycles. The first-order valence-electron chi connectivity index (χ1n) is 7.68. The minimum absolute atomic E-state index is 0.0767. The Morgan fingerprint density at radius 3 is 2.65 bits per heavy atom. The lowest BCUT2D eigenvalue weighted by molar-refractivity contribution is -0.137. The number of carbonyl (C=O) groups is 2. The fraction of sp³-hybridized carbons (Fsp3) is 0.176. The van der Waals surface area contributed by atoms with E-state index in [4.69, 9.17) is 11.5 Å². The number of para-hydroxylation sites is 1. The highest BCUT2D eigenvalue weighted by Crippen LogP contribution is 2.40. The molecular weight excluding hydrogens is 354 g/mol. The molecule has 8 nitrogen and oxygen atoms in total. The summed E-state index contributed by atoms with van der Waals surface area (Å²) in [5.41, 5.74) is 11.8. The van der Waals surface area contributed by atoms with Gasteiger partial charge in [0.15, 0.2) is 5.96 Å². The average Bonchev–Trinajstić information content (AvgIpc) is 2.61. The molecule has 9 heteroatoms. The van der Waals surface area contributed by atoms with Crippen molar-refractivity contribution in [3.63, 3.8) is 0 Å². The number of carboxylic acids is 1. The van der Waals surface area contributed by atoms with E-state index in [9.17, 15) is 14.7 Å². The van der Waals surface area contributed by atoms with Crippen molar-refractivity contribution in [2.75, 3.05) is 11.9 Å². The second-order valence-corrected chi connectivity index (χ2v) is 6.52. The van der Waals surface area contributed by atoms with Crippen LogP contribution in [-0.2, 0) is 9.59 Å². The lowest BCUT2D eigenvalue weighted by Gasteiger charge is -2.17. The Balaban J connectivity index is 2.20. The van der Waals surface area contributed by atoms with Crippen LogP contribution in [0.25, 0.3) is 0 Å². The predicted molar refractivity (Wildman–Crippen MR) is 101 cm³/mol. The third-order valence-electron chi connectivity index (χ3n) is 3.25. The van der Waals surface area contributed by atoms with Crippen molar-refractivity contribution in [1.29, 1.82) is 0 Å². The fourth-order valence-electron chi connectivity index (χ4n) is 2.13. The molecule has 0 saturated heterocycles. The fourth-order valence-corrected chi connectivity index (χ4v) is 3.34. The van der Waals surface area contributed by atoms with Crippen LogP contribution in [0.3, 0.4) is 0 Å². The molecule has 1 heterocycles. The first kappa shape index (κ1) is 19.3. The number of carboxylic acid groups (broad SMARTS) is 1. The van der Waals surface area contributed by atoms with Crippen molar-refractivity contribution >= 4 is 35.3 Å². The molecule has 0 bridgehead atoms. The van der Waals surface area contributed by atoms with E-state index >= 15 is 0 Å². The zero-order valence-electron chi connectivity index (χ0n) is 13.8. The summed E-state index contributed by atoms with van der Waals surface area (Å²) in [6.07, 6.45) is 3.19. The maximum absolute atomic E-state index is 12.0. The van der Waals surface area contributed by atoms with Crippen LogP contribution in [-0.4, -0.2) is 34.5 Å². The van der Waals surface area contributed by atoms with E-state index < -0.39 is 5.97 Å². The molecule has 2 rings (SSSR count). The van der Waals surface area contributed by atoms with Gasteiger partial charge in [0.05, 0.1) is 12.1 Å². The molecule has 26 heavy (non-hydrogen) atoms. The number of hydrogen-bond donors (Lipinski definition) is 4.